The van der Waals surface area contributed by atoms with Crippen molar-refractivity contribution in [2.45, 2.75) is 148 Å². The fourth-order valence-corrected chi connectivity index (χ4v) is 4.47. The monoisotopic (exact) mass is 398 g/mol. The summed E-state index contributed by atoms with van der Waals surface area (Å²) in [6.45, 7) is 15.0. The van der Waals surface area contributed by atoms with Crippen molar-refractivity contribution in [2.75, 3.05) is 0 Å². The average Bonchev–Trinajstić information content (AvgIpc) is 2.72. The predicted molar refractivity (Wildman–Crippen MR) is 114 cm³/mol. The van der Waals surface area contributed by atoms with E-state index in [9.17, 15) is 0 Å². The second kappa shape index (κ2) is 9.76. The minimum Gasteiger partial charge on any atom is -0.230 e. The van der Waals surface area contributed by atoms with Crippen LogP contribution in [0.3, 0.4) is 0 Å². The van der Waals surface area contributed by atoms with Crippen LogP contribution in [0.25, 0.3) is 0 Å². The van der Waals surface area contributed by atoms with Crippen LogP contribution < -0.4 is 0 Å². The molecule has 166 valence electrons. The Morgan fingerprint density at radius 2 is 0.964 bits per heavy atom. The molecule has 0 radical (unpaired) electrons. The van der Waals surface area contributed by atoms with Gasteiger partial charge in [-0.1, -0.05) is 59.3 Å². The van der Waals surface area contributed by atoms with Crippen molar-refractivity contribution in [3.05, 3.63) is 0 Å². The Morgan fingerprint density at radius 1 is 0.643 bits per heavy atom. The van der Waals surface area contributed by atoms with Gasteiger partial charge in [0.05, 0.1) is 11.2 Å². The van der Waals surface area contributed by atoms with Crippen molar-refractivity contribution < 1.29 is 19.6 Å². The summed E-state index contributed by atoms with van der Waals surface area (Å²) in [5.74, 6) is 0.223. The van der Waals surface area contributed by atoms with Crippen LogP contribution in [-0.4, -0.2) is 22.4 Å². The first-order chi connectivity index (χ1) is 13.1. The molecule has 4 nitrogen and oxygen atoms in total. The SMILES string of the molecule is CCC(C)(C)OOC1(C(C)C2(OOC(C)(C)CC)CCCCC2)CCCCC1. The molecular weight excluding hydrogens is 352 g/mol. The van der Waals surface area contributed by atoms with E-state index in [2.05, 4.69) is 48.5 Å². The zero-order valence-corrected chi connectivity index (χ0v) is 19.7. The van der Waals surface area contributed by atoms with E-state index >= 15 is 0 Å². The molecule has 28 heavy (non-hydrogen) atoms. The van der Waals surface area contributed by atoms with Gasteiger partial charge in [0, 0.05) is 5.92 Å². The van der Waals surface area contributed by atoms with Crippen molar-refractivity contribution in [1.29, 1.82) is 0 Å². The molecule has 2 fully saturated rings. The molecule has 2 saturated carbocycles. The first-order valence-corrected chi connectivity index (χ1v) is 11.8. The molecule has 0 spiro atoms. The van der Waals surface area contributed by atoms with E-state index in [0.717, 1.165) is 38.5 Å². The smallest absolute Gasteiger partial charge is 0.109 e. The number of hydrogen-bond donors (Lipinski definition) is 0. The molecular formula is C24H46O4. The zero-order valence-electron chi connectivity index (χ0n) is 19.7. The fourth-order valence-electron chi connectivity index (χ4n) is 4.47. The third-order valence-corrected chi connectivity index (χ3v) is 7.55. The van der Waals surface area contributed by atoms with Crippen LogP contribution in [0.15, 0.2) is 0 Å². The molecule has 4 heteroatoms. The van der Waals surface area contributed by atoms with Gasteiger partial charge in [-0.15, -0.1) is 0 Å². The topological polar surface area (TPSA) is 36.9 Å². The van der Waals surface area contributed by atoms with Crippen LogP contribution >= 0.6 is 0 Å². The third kappa shape index (κ3) is 5.93. The summed E-state index contributed by atoms with van der Waals surface area (Å²) in [5.41, 5.74) is -1.12. The summed E-state index contributed by atoms with van der Waals surface area (Å²) in [4.78, 5) is 24.9. The standard InChI is InChI=1S/C24H46O4/c1-8-21(4,5)25-27-23(16-12-10-13-17-23)20(3)24(18-14-11-15-19-24)28-26-22(6,7)9-2/h20H,8-19H2,1-7H3. The van der Waals surface area contributed by atoms with Crippen molar-refractivity contribution in [2.24, 2.45) is 5.92 Å². The average molecular weight is 399 g/mol. The lowest BCUT2D eigenvalue weighted by molar-refractivity contribution is -0.460. The second-order valence-electron chi connectivity index (χ2n) is 10.5. The zero-order chi connectivity index (χ0) is 20.9. The molecule has 0 aromatic heterocycles. The second-order valence-corrected chi connectivity index (χ2v) is 10.5. The largest absolute Gasteiger partial charge is 0.230 e. The molecule has 0 heterocycles. The highest BCUT2D eigenvalue weighted by Crippen LogP contribution is 2.49. The maximum atomic E-state index is 6.39. The quantitative estimate of drug-likeness (QED) is 0.286. The van der Waals surface area contributed by atoms with Crippen LogP contribution in [-0.2, 0) is 19.6 Å². The van der Waals surface area contributed by atoms with Crippen LogP contribution in [0.4, 0.5) is 0 Å². The highest BCUT2D eigenvalue weighted by molar-refractivity contribution is 5.00. The van der Waals surface area contributed by atoms with Gasteiger partial charge in [0.1, 0.15) is 11.2 Å². The van der Waals surface area contributed by atoms with Gasteiger partial charge in [-0.25, -0.2) is 19.6 Å². The van der Waals surface area contributed by atoms with Crippen molar-refractivity contribution in [1.82, 2.24) is 0 Å². The Bertz CT molecular complexity index is 417. The normalized spacial score (nSPS) is 23.1. The van der Waals surface area contributed by atoms with Crippen LogP contribution in [0.5, 0.6) is 0 Å². The maximum Gasteiger partial charge on any atom is 0.109 e. The highest BCUT2D eigenvalue weighted by Gasteiger charge is 2.53. The van der Waals surface area contributed by atoms with Gasteiger partial charge in [0.25, 0.3) is 0 Å². The Morgan fingerprint density at radius 3 is 1.25 bits per heavy atom. The summed E-state index contributed by atoms with van der Waals surface area (Å²) in [6.07, 6.45) is 13.3. The van der Waals surface area contributed by atoms with E-state index in [0.29, 0.717) is 0 Å². The van der Waals surface area contributed by atoms with Crippen molar-refractivity contribution in [3.8, 4) is 0 Å². The molecule has 0 unspecified atom stereocenters. The van der Waals surface area contributed by atoms with Gasteiger partial charge in [0.15, 0.2) is 0 Å². The number of hydrogen-bond acceptors (Lipinski definition) is 4. The van der Waals surface area contributed by atoms with Gasteiger partial charge >= 0.3 is 0 Å². The molecule has 0 saturated heterocycles. The molecule has 2 aliphatic rings. The van der Waals surface area contributed by atoms with Crippen molar-refractivity contribution >= 4 is 0 Å². The summed E-state index contributed by atoms with van der Waals surface area (Å²) in [5, 5.41) is 0. The van der Waals surface area contributed by atoms with E-state index in [4.69, 9.17) is 19.6 Å². The van der Waals surface area contributed by atoms with Gasteiger partial charge in [-0.05, 0) is 66.2 Å². The highest BCUT2D eigenvalue weighted by atomic mass is 17.2. The Labute approximate surface area is 173 Å². The number of rotatable bonds is 10. The van der Waals surface area contributed by atoms with E-state index in [-0.39, 0.29) is 28.3 Å². The van der Waals surface area contributed by atoms with Crippen LogP contribution in [0.1, 0.15) is 126 Å². The minimum atomic E-state index is -0.290. The van der Waals surface area contributed by atoms with Crippen LogP contribution in [0, 0.1) is 5.92 Å². The Balaban J connectivity index is 2.24. The minimum absolute atomic E-state index is 0.223. The lowest BCUT2D eigenvalue weighted by atomic mass is 9.65. The molecule has 0 aromatic carbocycles. The lowest BCUT2D eigenvalue weighted by Crippen LogP contribution is -2.56. The third-order valence-electron chi connectivity index (χ3n) is 7.55. The van der Waals surface area contributed by atoms with E-state index in [1.54, 1.807) is 0 Å². The maximum absolute atomic E-state index is 6.39. The predicted octanol–water partition coefficient (Wildman–Crippen LogP) is 7.30. The van der Waals surface area contributed by atoms with Crippen molar-refractivity contribution in [3.63, 3.8) is 0 Å². The molecule has 2 rings (SSSR count). The molecule has 0 bridgehead atoms. The first-order valence-electron chi connectivity index (χ1n) is 11.8. The molecule has 0 amide bonds. The molecule has 0 aromatic rings. The first kappa shape index (κ1) is 24.1. The lowest BCUT2D eigenvalue weighted by Gasteiger charge is -2.51. The molecule has 0 N–H and O–H groups in total. The van der Waals surface area contributed by atoms with E-state index < -0.39 is 0 Å². The van der Waals surface area contributed by atoms with Gasteiger partial charge in [-0.2, -0.15) is 0 Å². The Kier molecular flexibility index (Phi) is 8.41. The van der Waals surface area contributed by atoms with E-state index in [1.165, 1.54) is 38.5 Å². The summed E-state index contributed by atoms with van der Waals surface area (Å²) >= 11 is 0. The van der Waals surface area contributed by atoms with Gasteiger partial charge in [-0.3, -0.25) is 0 Å². The van der Waals surface area contributed by atoms with Gasteiger partial charge < -0.3 is 0 Å². The van der Waals surface area contributed by atoms with E-state index in [1.807, 2.05) is 0 Å². The summed E-state index contributed by atoms with van der Waals surface area (Å²) in [7, 11) is 0. The fraction of sp³-hybridized carbons (Fsp3) is 1.00. The Hall–Kier alpha value is -0.160. The van der Waals surface area contributed by atoms with Crippen LogP contribution in [0.2, 0.25) is 0 Å². The summed E-state index contributed by atoms with van der Waals surface area (Å²) < 4.78 is 0. The summed E-state index contributed by atoms with van der Waals surface area (Å²) in [6, 6.07) is 0. The molecule has 0 atom stereocenters. The van der Waals surface area contributed by atoms with Gasteiger partial charge in [0.2, 0.25) is 0 Å². The molecule has 0 aliphatic heterocycles. The molecule has 2 aliphatic carbocycles.